The summed E-state index contributed by atoms with van der Waals surface area (Å²) in [5.41, 5.74) is 1.27. The number of aromatic nitrogens is 2. The fourth-order valence-electron chi connectivity index (χ4n) is 2.70. The Bertz CT molecular complexity index is 788. The van der Waals surface area contributed by atoms with Gasteiger partial charge in [0.05, 0.1) is 11.4 Å². The number of thioether (sulfide) groups is 1. The molecule has 1 fully saturated rings. The second-order valence-corrected chi connectivity index (χ2v) is 8.84. The first kappa shape index (κ1) is 19.8. The fourth-order valence-corrected chi connectivity index (χ4v) is 4.68. The minimum Gasteiger partial charge on any atom is -0.376 e. The fraction of sp³-hybridized carbons (Fsp3) is 0.444. The molecular formula is C18H22N4O3S2. The van der Waals surface area contributed by atoms with Crippen LogP contribution in [0.3, 0.4) is 0 Å². The van der Waals surface area contributed by atoms with Crippen LogP contribution in [-0.2, 0) is 9.53 Å². The zero-order valence-corrected chi connectivity index (χ0v) is 16.9. The highest BCUT2D eigenvalue weighted by atomic mass is 32.2. The maximum absolute atomic E-state index is 12.6. The molecule has 2 atom stereocenters. The van der Waals surface area contributed by atoms with Gasteiger partial charge in [0.15, 0.2) is 10.1 Å². The minimum atomic E-state index is -0.282. The molecule has 1 aromatic carbocycles. The lowest BCUT2D eigenvalue weighted by atomic mass is 10.1. The van der Waals surface area contributed by atoms with Crippen molar-refractivity contribution >= 4 is 45.6 Å². The lowest BCUT2D eigenvalue weighted by molar-refractivity contribution is -0.114. The van der Waals surface area contributed by atoms with E-state index in [-0.39, 0.29) is 23.0 Å². The van der Waals surface area contributed by atoms with Gasteiger partial charge in [0.1, 0.15) is 0 Å². The first-order valence-corrected chi connectivity index (χ1v) is 10.5. The number of benzene rings is 1. The number of carbonyl (C=O) groups excluding carboxylic acids is 2. The molecular weight excluding hydrogens is 384 g/mol. The van der Waals surface area contributed by atoms with Crippen LogP contribution in [0.15, 0.2) is 28.6 Å². The van der Waals surface area contributed by atoms with Crippen molar-refractivity contribution in [2.24, 2.45) is 0 Å². The monoisotopic (exact) mass is 406 g/mol. The van der Waals surface area contributed by atoms with Gasteiger partial charge in [-0.05, 0) is 44.0 Å². The summed E-state index contributed by atoms with van der Waals surface area (Å²) in [6.07, 6.45) is 2.42. The minimum absolute atomic E-state index is 0.0124. The molecule has 2 N–H and O–H groups in total. The predicted octanol–water partition coefficient (Wildman–Crippen LogP) is 3.45. The van der Waals surface area contributed by atoms with E-state index in [9.17, 15) is 9.59 Å². The first-order valence-electron chi connectivity index (χ1n) is 8.79. The Kier molecular flexibility index (Phi) is 6.81. The quantitative estimate of drug-likeness (QED) is 0.512. The summed E-state index contributed by atoms with van der Waals surface area (Å²) in [6, 6.07) is 6.90. The highest BCUT2D eigenvalue weighted by molar-refractivity contribution is 8.02. The smallest absolute Gasteiger partial charge is 0.221 e. The second-order valence-electron chi connectivity index (χ2n) is 6.27. The molecule has 0 saturated carbocycles. The van der Waals surface area contributed by atoms with E-state index in [4.69, 9.17) is 4.74 Å². The molecule has 2 aromatic rings. The zero-order valence-electron chi connectivity index (χ0n) is 15.2. The van der Waals surface area contributed by atoms with E-state index in [1.54, 1.807) is 24.3 Å². The summed E-state index contributed by atoms with van der Waals surface area (Å²) in [4.78, 5) is 23.7. The molecule has 1 aliphatic rings. The van der Waals surface area contributed by atoms with Gasteiger partial charge in [-0.1, -0.05) is 23.1 Å². The predicted molar refractivity (Wildman–Crippen MR) is 108 cm³/mol. The van der Waals surface area contributed by atoms with E-state index in [1.165, 1.54) is 30.0 Å². The molecule has 2 heterocycles. The highest BCUT2D eigenvalue weighted by Gasteiger charge is 2.20. The molecule has 7 nitrogen and oxygen atoms in total. The first-order chi connectivity index (χ1) is 13.0. The van der Waals surface area contributed by atoms with E-state index in [1.807, 2.05) is 6.92 Å². The van der Waals surface area contributed by atoms with Gasteiger partial charge in [-0.2, -0.15) is 0 Å². The standard InChI is InChI=1S/C18H22N4O3S2/c1-11(16(24)13-5-7-14(8-6-13)20-12(2)23)26-18-22-21-17(27-18)19-10-15-4-3-9-25-15/h5-8,11,15H,3-4,9-10H2,1-2H3,(H,19,21)(H,20,23)/t11-,15-/m1/s1. The number of carbonyl (C=O) groups is 2. The van der Waals surface area contributed by atoms with E-state index < -0.39 is 0 Å². The summed E-state index contributed by atoms with van der Waals surface area (Å²) in [7, 11) is 0. The van der Waals surface area contributed by atoms with Crippen LogP contribution >= 0.6 is 23.1 Å². The van der Waals surface area contributed by atoms with E-state index in [0.717, 1.165) is 35.5 Å². The van der Waals surface area contributed by atoms with Gasteiger partial charge in [0, 0.05) is 31.3 Å². The summed E-state index contributed by atoms with van der Waals surface area (Å²) in [6.45, 7) is 4.86. The van der Waals surface area contributed by atoms with Crippen LogP contribution in [0.25, 0.3) is 0 Å². The molecule has 1 aliphatic heterocycles. The molecule has 1 aromatic heterocycles. The van der Waals surface area contributed by atoms with Crippen molar-refractivity contribution < 1.29 is 14.3 Å². The maximum Gasteiger partial charge on any atom is 0.221 e. The molecule has 3 rings (SSSR count). The average molecular weight is 407 g/mol. The number of nitrogens with zero attached hydrogens (tertiary/aromatic N) is 2. The van der Waals surface area contributed by atoms with Gasteiger partial charge in [-0.3, -0.25) is 9.59 Å². The number of nitrogens with one attached hydrogen (secondary N) is 2. The summed E-state index contributed by atoms with van der Waals surface area (Å²) < 4.78 is 6.33. The van der Waals surface area contributed by atoms with Gasteiger partial charge < -0.3 is 15.4 Å². The largest absolute Gasteiger partial charge is 0.376 e. The SMILES string of the molecule is CC(=O)Nc1ccc(C(=O)[C@@H](C)Sc2nnc(NC[C@H]3CCCO3)s2)cc1. The lowest BCUT2D eigenvalue weighted by Gasteiger charge is -2.09. The van der Waals surface area contributed by atoms with Crippen molar-refractivity contribution in [3.8, 4) is 0 Å². The van der Waals surface area contributed by atoms with Crippen molar-refractivity contribution in [1.29, 1.82) is 0 Å². The van der Waals surface area contributed by atoms with Crippen molar-refractivity contribution in [2.75, 3.05) is 23.8 Å². The summed E-state index contributed by atoms with van der Waals surface area (Å²) in [5.74, 6) is -0.128. The van der Waals surface area contributed by atoms with Crippen LogP contribution < -0.4 is 10.6 Å². The Morgan fingerprint density at radius 1 is 1.33 bits per heavy atom. The van der Waals surface area contributed by atoms with E-state index in [2.05, 4.69) is 20.8 Å². The molecule has 27 heavy (non-hydrogen) atoms. The van der Waals surface area contributed by atoms with Crippen LogP contribution in [0.5, 0.6) is 0 Å². The molecule has 9 heteroatoms. The maximum atomic E-state index is 12.6. The molecule has 0 spiro atoms. The van der Waals surface area contributed by atoms with Crippen molar-refractivity contribution in [3.63, 3.8) is 0 Å². The Morgan fingerprint density at radius 2 is 2.11 bits per heavy atom. The molecule has 1 amide bonds. The van der Waals surface area contributed by atoms with Gasteiger partial charge in [-0.15, -0.1) is 10.2 Å². The number of rotatable bonds is 8. The lowest BCUT2D eigenvalue weighted by Crippen LogP contribution is -2.18. The normalized spacial score (nSPS) is 17.5. The molecule has 144 valence electrons. The van der Waals surface area contributed by atoms with E-state index >= 15 is 0 Å². The van der Waals surface area contributed by atoms with E-state index in [0.29, 0.717) is 11.3 Å². The number of hydrogen-bond donors (Lipinski definition) is 2. The number of amides is 1. The van der Waals surface area contributed by atoms with Crippen molar-refractivity contribution in [3.05, 3.63) is 29.8 Å². The average Bonchev–Trinajstić information content (AvgIpc) is 3.31. The van der Waals surface area contributed by atoms with Gasteiger partial charge in [-0.25, -0.2) is 0 Å². The summed E-state index contributed by atoms with van der Waals surface area (Å²) >= 11 is 2.84. The van der Waals surface area contributed by atoms with Crippen molar-refractivity contribution in [1.82, 2.24) is 10.2 Å². The van der Waals surface area contributed by atoms with Crippen LogP contribution in [0.2, 0.25) is 0 Å². The van der Waals surface area contributed by atoms with Gasteiger partial charge in [0.25, 0.3) is 0 Å². The third-order valence-electron chi connectivity index (χ3n) is 4.05. The van der Waals surface area contributed by atoms with Gasteiger partial charge >= 0.3 is 0 Å². The van der Waals surface area contributed by atoms with Crippen LogP contribution in [0, 0.1) is 0 Å². The Morgan fingerprint density at radius 3 is 2.78 bits per heavy atom. The number of hydrogen-bond acceptors (Lipinski definition) is 8. The zero-order chi connectivity index (χ0) is 19.2. The molecule has 0 unspecified atom stereocenters. The third-order valence-corrected chi connectivity index (χ3v) is 6.11. The number of anilines is 2. The second kappa shape index (κ2) is 9.29. The molecule has 0 radical (unpaired) electrons. The Labute approximate surface area is 166 Å². The van der Waals surface area contributed by atoms with Crippen LogP contribution in [-0.4, -0.2) is 46.4 Å². The van der Waals surface area contributed by atoms with Crippen molar-refractivity contribution in [2.45, 2.75) is 42.4 Å². The van der Waals surface area contributed by atoms with Gasteiger partial charge in [0.2, 0.25) is 11.0 Å². The Hall–Kier alpha value is -1.97. The highest BCUT2D eigenvalue weighted by Crippen LogP contribution is 2.30. The topological polar surface area (TPSA) is 93.2 Å². The number of Topliss-reactive ketones (excluding diaryl/α,β-unsaturated/α-hetero) is 1. The molecule has 0 bridgehead atoms. The number of ether oxygens (including phenoxy) is 1. The summed E-state index contributed by atoms with van der Waals surface area (Å²) in [5, 5.41) is 14.7. The molecule has 0 aliphatic carbocycles. The third kappa shape index (κ3) is 5.75. The Balaban J connectivity index is 1.52. The van der Waals surface area contributed by atoms with Crippen LogP contribution in [0.4, 0.5) is 10.8 Å². The molecule has 1 saturated heterocycles. The van der Waals surface area contributed by atoms with Crippen LogP contribution in [0.1, 0.15) is 37.0 Å². The number of ketones is 1.